The molecule has 3 heterocycles. The van der Waals surface area contributed by atoms with Gasteiger partial charge in [0.15, 0.2) is 8.32 Å². The first kappa shape index (κ1) is 72.1. The maximum Gasteiger partial charge on any atom is 0.515 e. The molecule has 0 N–H and O–H groups in total. The molecule has 492 valence electrons. The molecular formula is C63H88O18Si11. The first-order chi connectivity index (χ1) is 43.6. The molecule has 3 fully saturated rings. The molecule has 92 heavy (non-hydrogen) atoms. The van der Waals surface area contributed by atoms with E-state index in [1.54, 1.807) is 21.3 Å². The second-order valence-electron chi connectivity index (χ2n) is 24.7. The molecule has 0 aromatic heterocycles. The molecule has 9 rings (SSSR count). The van der Waals surface area contributed by atoms with Crippen molar-refractivity contribution >= 4 is 116 Å². The Balaban J connectivity index is 1.40. The van der Waals surface area contributed by atoms with Crippen molar-refractivity contribution < 1.29 is 76.9 Å². The van der Waals surface area contributed by atoms with Crippen molar-refractivity contribution in [1.82, 2.24) is 0 Å². The van der Waals surface area contributed by atoms with Gasteiger partial charge in [-0.1, -0.05) is 129 Å². The third-order valence-corrected chi connectivity index (χ3v) is 59.0. The summed E-state index contributed by atoms with van der Waals surface area (Å²) >= 11 is 0. The molecule has 0 amide bonds. The Kier molecular flexibility index (Phi) is 23.2. The van der Waals surface area contributed by atoms with E-state index >= 15 is 0 Å². The van der Waals surface area contributed by atoms with Crippen LogP contribution in [0, 0.1) is 23.7 Å². The number of ether oxygens (including phenoxy) is 4. The predicted molar refractivity (Wildman–Crippen MR) is 378 cm³/mol. The van der Waals surface area contributed by atoms with Crippen LogP contribution in [0.2, 0.25) is 83.6 Å². The quantitative estimate of drug-likeness (QED) is 0.0319. The van der Waals surface area contributed by atoms with Crippen LogP contribution in [0.5, 0.6) is 11.5 Å². The fraction of sp³-hybridized carbons (Fsp3) is 0.365. The van der Waals surface area contributed by atoms with E-state index in [1.807, 2.05) is 224 Å². The molecule has 0 spiro atoms. The fourth-order valence-corrected chi connectivity index (χ4v) is 66.2. The molecule has 0 radical (unpaired) electrons. The summed E-state index contributed by atoms with van der Waals surface area (Å²) in [4.78, 5) is 0. The predicted octanol–water partition coefficient (Wildman–Crippen LogP) is 10.1. The van der Waals surface area contributed by atoms with Crippen LogP contribution in [-0.2, 0) is 67.4 Å². The summed E-state index contributed by atoms with van der Waals surface area (Å²) in [5, 5.41) is 2.08. The zero-order valence-electron chi connectivity index (χ0n) is 55.8. The van der Waals surface area contributed by atoms with E-state index < -0.39 is 95.4 Å². The van der Waals surface area contributed by atoms with Crippen LogP contribution >= 0.6 is 0 Å². The summed E-state index contributed by atoms with van der Waals surface area (Å²) in [7, 11) is -39.4. The smallest absolute Gasteiger partial charge is 0.491 e. The summed E-state index contributed by atoms with van der Waals surface area (Å²) in [6.45, 7) is 27.6. The highest BCUT2D eigenvalue weighted by Gasteiger charge is 2.79. The van der Waals surface area contributed by atoms with E-state index in [9.17, 15) is 0 Å². The van der Waals surface area contributed by atoms with Gasteiger partial charge in [-0.3, -0.25) is 0 Å². The molecule has 4 bridgehead atoms. The molecule has 0 saturated carbocycles. The number of hydrogen-bond donors (Lipinski definition) is 0. The zero-order chi connectivity index (χ0) is 66.2. The topological polar surface area (TPSA) is 166 Å². The highest BCUT2D eigenvalue weighted by atomic mass is 28.6. The van der Waals surface area contributed by atoms with Crippen molar-refractivity contribution in [2.24, 2.45) is 0 Å². The Labute approximate surface area is 556 Å². The van der Waals surface area contributed by atoms with Crippen LogP contribution in [0.1, 0.15) is 43.0 Å². The number of methoxy groups -OCH3 is 2. The molecule has 3 saturated heterocycles. The minimum Gasteiger partial charge on any atom is -0.491 e. The molecule has 0 aliphatic carbocycles. The van der Waals surface area contributed by atoms with Crippen LogP contribution < -0.4 is 30.2 Å². The van der Waals surface area contributed by atoms with Crippen LogP contribution in [0.15, 0.2) is 158 Å². The molecule has 1 unspecified atom stereocenters. The summed E-state index contributed by atoms with van der Waals surface area (Å²) in [6.07, 6.45) is 0. The van der Waals surface area contributed by atoms with Gasteiger partial charge < -0.3 is 76.9 Å². The van der Waals surface area contributed by atoms with Gasteiger partial charge in [0, 0.05) is 76.4 Å². The third-order valence-electron chi connectivity index (χ3n) is 14.8. The van der Waals surface area contributed by atoms with E-state index in [4.69, 9.17) is 76.9 Å². The zero-order valence-corrected chi connectivity index (χ0v) is 66.8. The normalized spacial score (nSPS) is 26.0. The highest BCUT2D eigenvalue weighted by Crippen LogP contribution is 2.46. The van der Waals surface area contributed by atoms with Crippen molar-refractivity contribution in [3.05, 3.63) is 180 Å². The Morgan fingerprint density at radius 1 is 0.370 bits per heavy atom. The fourth-order valence-electron chi connectivity index (χ4n) is 10.5. The minimum atomic E-state index is -5.04. The maximum atomic E-state index is 8.44. The molecule has 6 aromatic rings. The van der Waals surface area contributed by atoms with Crippen molar-refractivity contribution in [2.45, 2.75) is 104 Å². The number of fused-ring (bicyclic) bond motifs is 3. The van der Waals surface area contributed by atoms with Gasteiger partial charge in [-0.15, -0.1) is 0 Å². The maximum absolute atomic E-state index is 8.44. The molecule has 18 nitrogen and oxygen atoms in total. The van der Waals surface area contributed by atoms with Gasteiger partial charge in [-0.2, -0.15) is 0 Å². The molecular weight excluding hydrogens is 1350 g/mol. The van der Waals surface area contributed by atoms with Gasteiger partial charge >= 0.3 is 87.1 Å². The Morgan fingerprint density at radius 3 is 1.20 bits per heavy atom. The average molecular weight is 1440 g/mol. The van der Waals surface area contributed by atoms with Crippen molar-refractivity contribution in [1.29, 1.82) is 0 Å². The lowest BCUT2D eigenvalue weighted by molar-refractivity contribution is 0.0380. The Bertz CT molecular complexity index is 3540. The number of hydrogen-bond acceptors (Lipinski definition) is 18. The minimum absolute atomic E-state index is 0.168. The van der Waals surface area contributed by atoms with E-state index in [0.717, 1.165) is 16.7 Å². The lowest BCUT2D eigenvalue weighted by Crippen LogP contribution is -2.89. The monoisotopic (exact) mass is 1440 g/mol. The largest absolute Gasteiger partial charge is 0.515 e. The average Bonchev–Trinajstić information content (AvgIpc) is 0.692. The van der Waals surface area contributed by atoms with Crippen LogP contribution in [0.4, 0.5) is 0 Å². The first-order valence-corrected chi connectivity index (χ1v) is 56.2. The van der Waals surface area contributed by atoms with Gasteiger partial charge in [0.05, 0.1) is 13.2 Å². The van der Waals surface area contributed by atoms with Gasteiger partial charge in [0.25, 0.3) is 0 Å². The van der Waals surface area contributed by atoms with E-state index in [2.05, 4.69) is 43.3 Å². The lowest BCUT2D eigenvalue weighted by atomic mass is 10.2. The van der Waals surface area contributed by atoms with E-state index in [0.29, 0.717) is 70.3 Å². The number of benzene rings is 6. The van der Waals surface area contributed by atoms with Crippen LogP contribution in [-0.4, -0.2) is 143 Å². The second kappa shape index (κ2) is 29.6. The standard InChI is InChI=1S/C63H88O18Si11/c1-17-86(16)73-88(19-3)75-87(18-2,72-85(14,15)71-84(12,13)70-83(10,11)66-6)76-91(61-44-36-57(37-45-61)33-31-55-28-24-21-25-29-55)79-89(69-82(7,8)9,62-46-38-58(39-47-62)67-52-50-64-4)78-90(74-86,60-42-34-56(35-43-60)32-30-54-26-22-20-23-27-54)80-92(77-88,81-91)63-48-40-59(41-49-63)68-53-51-65-5/h20-29,34-49H,17-19,50-53H2,1-16H3/t86-,87-,88+,89-,90+,91-,92?/m1/s1. The summed E-state index contributed by atoms with van der Waals surface area (Å²) < 4.78 is 133. The SMILES string of the molecule is CC[Si@]1(C)O[Si@]2(CC)O[Si]3(c4ccc(OCCOC)cc4)O[Si@](c4ccc(C#Cc5ccccc5)cc4)(O[Si@](CC)(O[Si](C)(C)O[Si](C)(C)O[Si](C)(C)OC)O2)O[Si@@](O[Si](C)(C)C)(c2ccc(OCCOC)cc2)O[Si@@](c2ccc(C#Cc4ccccc4)cc2)(O3)O1. The third kappa shape index (κ3) is 17.9. The van der Waals surface area contributed by atoms with Crippen molar-refractivity contribution in [2.75, 3.05) is 47.8 Å². The lowest BCUT2D eigenvalue weighted by Gasteiger charge is -2.58. The van der Waals surface area contributed by atoms with Crippen LogP contribution in [0.3, 0.4) is 0 Å². The second-order valence-corrected chi connectivity index (χ2v) is 62.3. The molecule has 3 aliphatic heterocycles. The van der Waals surface area contributed by atoms with Gasteiger partial charge in [-0.25, -0.2) is 0 Å². The first-order valence-electron chi connectivity index (χ1n) is 31.1. The molecule has 3 aliphatic rings. The Morgan fingerprint density at radius 2 is 0.783 bits per heavy atom. The van der Waals surface area contributed by atoms with Crippen molar-refractivity contribution in [3.63, 3.8) is 0 Å². The van der Waals surface area contributed by atoms with Gasteiger partial charge in [0.1, 0.15) is 24.7 Å². The van der Waals surface area contributed by atoms with Crippen LogP contribution in [0.25, 0.3) is 0 Å². The van der Waals surface area contributed by atoms with E-state index in [1.165, 1.54) is 0 Å². The van der Waals surface area contributed by atoms with Crippen molar-refractivity contribution in [3.8, 4) is 35.2 Å². The Hall–Kier alpha value is -4.21. The molecule has 29 heteroatoms. The van der Waals surface area contributed by atoms with Gasteiger partial charge in [0.2, 0.25) is 0 Å². The van der Waals surface area contributed by atoms with E-state index in [-0.39, 0.29) is 12.1 Å². The van der Waals surface area contributed by atoms with Gasteiger partial charge in [-0.05, 0) is 144 Å². The molecule has 6 aromatic carbocycles. The number of rotatable bonds is 24. The highest BCUT2D eigenvalue weighted by molar-refractivity contribution is 7.08. The molecule has 7 atom stereocenters. The summed E-state index contributed by atoms with van der Waals surface area (Å²) in [5.74, 6) is 14.5. The summed E-state index contributed by atoms with van der Waals surface area (Å²) in [5.41, 5.74) is 3.18. The summed E-state index contributed by atoms with van der Waals surface area (Å²) in [6, 6.07) is 51.0.